The van der Waals surface area contributed by atoms with Crippen LogP contribution in [0.15, 0.2) is 24.3 Å². The molecule has 2 N–H and O–H groups in total. The number of ether oxygens (including phenoxy) is 2. The topological polar surface area (TPSA) is 58.9 Å². The zero-order valence-corrected chi connectivity index (χ0v) is 14.3. The lowest BCUT2D eigenvalue weighted by atomic mass is 10.1. The van der Waals surface area contributed by atoms with E-state index in [4.69, 9.17) is 9.47 Å². The first-order chi connectivity index (χ1) is 10.3. The molecule has 0 heterocycles. The van der Waals surface area contributed by atoms with Gasteiger partial charge in [0.15, 0.2) is 0 Å². The Bertz CT molecular complexity index is 382. The van der Waals surface area contributed by atoms with E-state index in [2.05, 4.69) is 0 Å². The molecule has 0 aliphatic carbocycles. The van der Waals surface area contributed by atoms with E-state index >= 15 is 0 Å². The molecule has 22 heavy (non-hydrogen) atoms. The number of benzene rings is 1. The predicted molar refractivity (Wildman–Crippen MR) is 87.6 cm³/mol. The van der Waals surface area contributed by atoms with Crippen molar-refractivity contribution >= 4 is 0 Å². The minimum absolute atomic E-state index is 0.334. The van der Waals surface area contributed by atoms with Crippen LogP contribution in [0.2, 0.25) is 0 Å². The summed E-state index contributed by atoms with van der Waals surface area (Å²) in [6.07, 6.45) is 1.34. The molecule has 4 nitrogen and oxygen atoms in total. The van der Waals surface area contributed by atoms with Crippen LogP contribution in [-0.4, -0.2) is 34.6 Å². The molecule has 0 saturated heterocycles. The van der Waals surface area contributed by atoms with E-state index in [1.165, 1.54) is 0 Å². The second kappa shape index (κ2) is 8.63. The number of hydrogen-bond donors (Lipinski definition) is 2. The highest BCUT2D eigenvalue weighted by Gasteiger charge is 2.18. The summed E-state index contributed by atoms with van der Waals surface area (Å²) in [4.78, 5) is 0. The molecule has 2 atom stereocenters. The SMILES string of the molecule is CCC(C)(O)COCc1ccc(COCC(C)(O)CC)cc1. The molecule has 4 heteroatoms. The number of hydrogen-bond acceptors (Lipinski definition) is 4. The van der Waals surface area contributed by atoms with Crippen molar-refractivity contribution in [3.8, 4) is 0 Å². The van der Waals surface area contributed by atoms with Gasteiger partial charge in [0.25, 0.3) is 0 Å². The minimum Gasteiger partial charge on any atom is -0.388 e. The molecule has 1 aromatic rings. The number of rotatable bonds is 10. The van der Waals surface area contributed by atoms with Gasteiger partial charge in [0.05, 0.1) is 37.6 Å². The van der Waals surface area contributed by atoms with Gasteiger partial charge in [-0.25, -0.2) is 0 Å². The van der Waals surface area contributed by atoms with Gasteiger partial charge in [0.1, 0.15) is 0 Å². The molecule has 0 radical (unpaired) electrons. The van der Waals surface area contributed by atoms with Gasteiger partial charge in [-0.1, -0.05) is 38.1 Å². The van der Waals surface area contributed by atoms with Crippen LogP contribution in [-0.2, 0) is 22.7 Å². The molecule has 0 spiro atoms. The maximum atomic E-state index is 9.87. The quantitative estimate of drug-likeness (QED) is 0.697. The standard InChI is InChI=1S/C18H30O4/c1-5-17(3,19)13-21-11-15-7-9-16(10-8-15)12-22-14-18(4,20)6-2/h7-10,19-20H,5-6,11-14H2,1-4H3. The average Bonchev–Trinajstić information content (AvgIpc) is 2.48. The van der Waals surface area contributed by atoms with Crippen LogP contribution in [0, 0.1) is 0 Å². The van der Waals surface area contributed by atoms with Crippen molar-refractivity contribution in [2.45, 2.75) is 65.0 Å². The highest BCUT2D eigenvalue weighted by Crippen LogP contribution is 2.13. The molecule has 0 aromatic heterocycles. The molecule has 1 rings (SSSR count). The molecule has 0 bridgehead atoms. The van der Waals surface area contributed by atoms with E-state index in [0.29, 0.717) is 39.3 Å². The van der Waals surface area contributed by atoms with Crippen molar-refractivity contribution in [1.82, 2.24) is 0 Å². The van der Waals surface area contributed by atoms with Gasteiger partial charge < -0.3 is 19.7 Å². The fourth-order valence-corrected chi connectivity index (χ4v) is 1.71. The highest BCUT2D eigenvalue weighted by atomic mass is 16.5. The Morgan fingerprint density at radius 3 is 1.36 bits per heavy atom. The monoisotopic (exact) mass is 310 g/mol. The summed E-state index contributed by atoms with van der Waals surface area (Å²) in [5, 5.41) is 19.7. The van der Waals surface area contributed by atoms with Gasteiger partial charge in [-0.15, -0.1) is 0 Å². The lowest BCUT2D eigenvalue weighted by Crippen LogP contribution is -2.29. The van der Waals surface area contributed by atoms with Crippen molar-refractivity contribution in [1.29, 1.82) is 0 Å². The first-order valence-electron chi connectivity index (χ1n) is 7.96. The Morgan fingerprint density at radius 2 is 1.09 bits per heavy atom. The summed E-state index contributed by atoms with van der Waals surface area (Å²) in [5.74, 6) is 0. The summed E-state index contributed by atoms with van der Waals surface area (Å²) >= 11 is 0. The fourth-order valence-electron chi connectivity index (χ4n) is 1.71. The zero-order valence-electron chi connectivity index (χ0n) is 14.3. The Hall–Kier alpha value is -0.940. The summed E-state index contributed by atoms with van der Waals surface area (Å²) in [6.45, 7) is 9.07. The van der Waals surface area contributed by atoms with Crippen LogP contribution < -0.4 is 0 Å². The summed E-state index contributed by atoms with van der Waals surface area (Å²) in [5.41, 5.74) is 0.612. The molecular formula is C18H30O4. The van der Waals surface area contributed by atoms with Crippen molar-refractivity contribution in [3.63, 3.8) is 0 Å². The predicted octanol–water partition coefficient (Wildman–Crippen LogP) is 3.04. The second-order valence-corrected chi connectivity index (χ2v) is 6.50. The molecule has 0 amide bonds. The lowest BCUT2D eigenvalue weighted by Gasteiger charge is -2.21. The van der Waals surface area contributed by atoms with Crippen LogP contribution in [0.3, 0.4) is 0 Å². The second-order valence-electron chi connectivity index (χ2n) is 6.50. The van der Waals surface area contributed by atoms with Gasteiger partial charge in [-0.05, 0) is 37.8 Å². The average molecular weight is 310 g/mol. The summed E-state index contributed by atoms with van der Waals surface area (Å²) in [6, 6.07) is 7.99. The van der Waals surface area contributed by atoms with Crippen LogP contribution >= 0.6 is 0 Å². The maximum Gasteiger partial charge on any atom is 0.0849 e. The molecule has 0 saturated carbocycles. The molecule has 0 fully saturated rings. The summed E-state index contributed by atoms with van der Waals surface area (Å²) < 4.78 is 11.1. The Kier molecular flexibility index (Phi) is 7.49. The first kappa shape index (κ1) is 19.1. The van der Waals surface area contributed by atoms with E-state index in [9.17, 15) is 10.2 Å². The van der Waals surface area contributed by atoms with Crippen molar-refractivity contribution in [2.24, 2.45) is 0 Å². The minimum atomic E-state index is -0.760. The Labute approximate surface area is 134 Å². The van der Waals surface area contributed by atoms with Gasteiger partial charge >= 0.3 is 0 Å². The smallest absolute Gasteiger partial charge is 0.0849 e. The largest absolute Gasteiger partial charge is 0.388 e. The summed E-state index contributed by atoms with van der Waals surface area (Å²) in [7, 11) is 0. The third kappa shape index (κ3) is 7.36. The molecule has 0 aliphatic heterocycles. The molecule has 1 aromatic carbocycles. The zero-order chi connectivity index (χ0) is 16.6. The first-order valence-corrected chi connectivity index (χ1v) is 7.96. The van der Waals surface area contributed by atoms with Crippen LogP contribution in [0.4, 0.5) is 0 Å². The van der Waals surface area contributed by atoms with E-state index < -0.39 is 11.2 Å². The fraction of sp³-hybridized carbons (Fsp3) is 0.667. The van der Waals surface area contributed by atoms with Gasteiger partial charge in [0.2, 0.25) is 0 Å². The van der Waals surface area contributed by atoms with Crippen molar-refractivity contribution < 1.29 is 19.7 Å². The number of aliphatic hydroxyl groups is 2. The highest BCUT2D eigenvalue weighted by molar-refractivity contribution is 5.21. The third-order valence-corrected chi connectivity index (χ3v) is 3.91. The van der Waals surface area contributed by atoms with Crippen molar-refractivity contribution in [3.05, 3.63) is 35.4 Å². The van der Waals surface area contributed by atoms with Gasteiger partial charge in [0, 0.05) is 0 Å². The van der Waals surface area contributed by atoms with Crippen LogP contribution in [0.1, 0.15) is 51.7 Å². The van der Waals surface area contributed by atoms with Gasteiger partial charge in [-0.2, -0.15) is 0 Å². The van der Waals surface area contributed by atoms with E-state index in [-0.39, 0.29) is 0 Å². The third-order valence-electron chi connectivity index (χ3n) is 3.91. The van der Waals surface area contributed by atoms with Crippen LogP contribution in [0.25, 0.3) is 0 Å². The molecule has 2 unspecified atom stereocenters. The Balaban J connectivity index is 2.34. The lowest BCUT2D eigenvalue weighted by molar-refractivity contribution is -0.0420. The van der Waals surface area contributed by atoms with E-state index in [1.54, 1.807) is 13.8 Å². The van der Waals surface area contributed by atoms with E-state index in [1.807, 2.05) is 38.1 Å². The Morgan fingerprint density at radius 1 is 0.773 bits per heavy atom. The maximum absolute atomic E-state index is 9.87. The molecule has 126 valence electrons. The molecular weight excluding hydrogens is 280 g/mol. The van der Waals surface area contributed by atoms with Crippen molar-refractivity contribution in [2.75, 3.05) is 13.2 Å². The normalized spacial score (nSPS) is 17.0. The van der Waals surface area contributed by atoms with E-state index in [0.717, 1.165) is 11.1 Å². The van der Waals surface area contributed by atoms with Crippen LogP contribution in [0.5, 0.6) is 0 Å². The van der Waals surface area contributed by atoms with Gasteiger partial charge in [-0.3, -0.25) is 0 Å². The molecule has 0 aliphatic rings.